The van der Waals surface area contributed by atoms with E-state index in [0.29, 0.717) is 17.1 Å². The van der Waals surface area contributed by atoms with Crippen molar-refractivity contribution in [2.45, 2.75) is 26.4 Å². The van der Waals surface area contributed by atoms with Gasteiger partial charge in [-0.2, -0.15) is 0 Å². The van der Waals surface area contributed by atoms with Gasteiger partial charge >= 0.3 is 5.97 Å². The molecule has 0 amide bonds. The summed E-state index contributed by atoms with van der Waals surface area (Å²) in [5.74, 6) is 0.662. The average molecular weight is 222 g/mol. The van der Waals surface area contributed by atoms with E-state index in [-0.39, 0.29) is 6.79 Å². The maximum absolute atomic E-state index is 11.9. The first-order chi connectivity index (χ1) is 7.47. The molecule has 0 N–H and O–H groups in total. The van der Waals surface area contributed by atoms with E-state index in [0.717, 1.165) is 0 Å². The van der Waals surface area contributed by atoms with Crippen LogP contribution in [0.15, 0.2) is 18.2 Å². The second kappa shape index (κ2) is 3.70. The third kappa shape index (κ3) is 2.10. The van der Waals surface area contributed by atoms with Gasteiger partial charge in [0.1, 0.15) is 11.2 Å². The van der Waals surface area contributed by atoms with Crippen molar-refractivity contribution in [2.24, 2.45) is 0 Å². The fourth-order valence-corrected chi connectivity index (χ4v) is 1.42. The lowest BCUT2D eigenvalue weighted by molar-refractivity contribution is 0.00662. The molecule has 0 saturated heterocycles. The van der Waals surface area contributed by atoms with Crippen LogP contribution in [-0.4, -0.2) is 18.4 Å². The number of esters is 1. The highest BCUT2D eigenvalue weighted by Crippen LogP contribution is 2.36. The summed E-state index contributed by atoms with van der Waals surface area (Å²) in [4.78, 5) is 11.9. The van der Waals surface area contributed by atoms with Gasteiger partial charge in [-0.25, -0.2) is 4.79 Å². The van der Waals surface area contributed by atoms with Gasteiger partial charge in [0.05, 0.1) is 0 Å². The van der Waals surface area contributed by atoms with Crippen molar-refractivity contribution in [3.8, 4) is 11.5 Å². The molecule has 0 aromatic heterocycles. The van der Waals surface area contributed by atoms with Gasteiger partial charge in [0.2, 0.25) is 6.79 Å². The Balaban J connectivity index is 2.28. The van der Waals surface area contributed by atoms with Crippen molar-refractivity contribution >= 4 is 5.97 Å². The Kier molecular flexibility index (Phi) is 2.50. The molecule has 0 unspecified atom stereocenters. The highest BCUT2D eigenvalue weighted by Gasteiger charge is 2.25. The number of hydrogen-bond acceptors (Lipinski definition) is 4. The predicted octanol–water partition coefficient (Wildman–Crippen LogP) is 2.37. The lowest BCUT2D eigenvalue weighted by Crippen LogP contribution is -2.24. The Hall–Kier alpha value is -1.71. The molecule has 0 fully saturated rings. The summed E-state index contributed by atoms with van der Waals surface area (Å²) in [5.41, 5.74) is -0.107. The molecule has 4 heteroatoms. The first-order valence-electron chi connectivity index (χ1n) is 5.09. The number of carbonyl (C=O) groups is 1. The number of hydrogen-bond donors (Lipinski definition) is 0. The van der Waals surface area contributed by atoms with E-state index >= 15 is 0 Å². The standard InChI is InChI=1S/C12H14O4/c1-12(2,3)16-11(13)8-5-4-6-9-10(8)15-7-14-9/h4-6H,7H2,1-3H3. The van der Waals surface area contributed by atoms with Crippen molar-refractivity contribution in [1.82, 2.24) is 0 Å². The maximum atomic E-state index is 11.9. The fraction of sp³-hybridized carbons (Fsp3) is 0.417. The molecule has 0 atom stereocenters. The van der Waals surface area contributed by atoms with E-state index in [9.17, 15) is 4.79 Å². The van der Waals surface area contributed by atoms with Crippen LogP contribution in [-0.2, 0) is 4.74 Å². The van der Waals surface area contributed by atoms with Crippen molar-refractivity contribution in [1.29, 1.82) is 0 Å². The topological polar surface area (TPSA) is 44.8 Å². The Bertz CT molecular complexity index is 418. The summed E-state index contributed by atoms with van der Waals surface area (Å²) in [7, 11) is 0. The minimum atomic E-state index is -0.515. The smallest absolute Gasteiger partial charge is 0.342 e. The highest BCUT2D eigenvalue weighted by atomic mass is 16.7. The molecular weight excluding hydrogens is 208 g/mol. The van der Waals surface area contributed by atoms with E-state index < -0.39 is 11.6 Å². The first kappa shape index (κ1) is 10.8. The normalized spacial score (nSPS) is 13.7. The fourth-order valence-electron chi connectivity index (χ4n) is 1.42. The van der Waals surface area contributed by atoms with Crippen LogP contribution in [0.3, 0.4) is 0 Å². The number of benzene rings is 1. The average Bonchev–Trinajstić information content (AvgIpc) is 2.61. The molecule has 0 saturated carbocycles. The third-order valence-electron chi connectivity index (χ3n) is 2.02. The maximum Gasteiger partial charge on any atom is 0.342 e. The molecular formula is C12H14O4. The van der Waals surface area contributed by atoms with Crippen molar-refractivity contribution in [3.05, 3.63) is 23.8 Å². The van der Waals surface area contributed by atoms with Crippen LogP contribution < -0.4 is 9.47 Å². The molecule has 0 aliphatic carbocycles. The molecule has 1 aliphatic rings. The van der Waals surface area contributed by atoms with Crippen LogP contribution in [0.4, 0.5) is 0 Å². The molecule has 86 valence electrons. The van der Waals surface area contributed by atoms with Crippen molar-refractivity contribution in [2.75, 3.05) is 6.79 Å². The number of fused-ring (bicyclic) bond motifs is 1. The summed E-state index contributed by atoms with van der Waals surface area (Å²) in [6.45, 7) is 5.62. The monoisotopic (exact) mass is 222 g/mol. The Labute approximate surface area is 94.1 Å². The lowest BCUT2D eigenvalue weighted by atomic mass is 10.1. The van der Waals surface area contributed by atoms with Crippen LogP contribution in [0, 0.1) is 0 Å². The van der Waals surface area contributed by atoms with Gasteiger partial charge in [0, 0.05) is 0 Å². The van der Waals surface area contributed by atoms with Crippen LogP contribution in [0.2, 0.25) is 0 Å². The summed E-state index contributed by atoms with van der Waals surface area (Å²) in [5, 5.41) is 0. The van der Waals surface area contributed by atoms with Gasteiger partial charge in [-0.3, -0.25) is 0 Å². The van der Waals surface area contributed by atoms with E-state index in [1.165, 1.54) is 0 Å². The summed E-state index contributed by atoms with van der Waals surface area (Å²) < 4.78 is 15.7. The number of carbonyl (C=O) groups excluding carboxylic acids is 1. The second-order valence-electron chi connectivity index (χ2n) is 4.54. The van der Waals surface area contributed by atoms with Gasteiger partial charge < -0.3 is 14.2 Å². The quantitative estimate of drug-likeness (QED) is 0.684. The lowest BCUT2D eigenvalue weighted by Gasteiger charge is -2.19. The van der Waals surface area contributed by atoms with Crippen LogP contribution >= 0.6 is 0 Å². The molecule has 4 nitrogen and oxygen atoms in total. The third-order valence-corrected chi connectivity index (χ3v) is 2.02. The molecule has 2 rings (SSSR count). The van der Waals surface area contributed by atoms with Crippen LogP contribution in [0.5, 0.6) is 11.5 Å². The number of rotatable bonds is 1. The number of ether oxygens (including phenoxy) is 3. The predicted molar refractivity (Wildman–Crippen MR) is 57.7 cm³/mol. The van der Waals surface area contributed by atoms with Gasteiger partial charge in [-0.1, -0.05) is 6.07 Å². The zero-order valence-electron chi connectivity index (χ0n) is 9.57. The van der Waals surface area contributed by atoms with Crippen molar-refractivity contribution in [3.63, 3.8) is 0 Å². The Morgan fingerprint density at radius 3 is 2.75 bits per heavy atom. The molecule has 1 aromatic carbocycles. The minimum Gasteiger partial charge on any atom is -0.456 e. The second-order valence-corrected chi connectivity index (χ2v) is 4.54. The summed E-state index contributed by atoms with van der Waals surface area (Å²) >= 11 is 0. The molecule has 0 radical (unpaired) electrons. The van der Waals surface area contributed by atoms with E-state index in [4.69, 9.17) is 14.2 Å². The van der Waals surface area contributed by atoms with E-state index in [2.05, 4.69) is 0 Å². The molecule has 16 heavy (non-hydrogen) atoms. The summed E-state index contributed by atoms with van der Waals surface area (Å²) in [6, 6.07) is 5.17. The SMILES string of the molecule is CC(C)(C)OC(=O)c1cccc2c1OCO2. The van der Waals surface area contributed by atoms with Crippen LogP contribution in [0.1, 0.15) is 31.1 Å². The van der Waals surface area contributed by atoms with Gasteiger partial charge in [0.15, 0.2) is 11.5 Å². The van der Waals surface area contributed by atoms with E-state index in [1.54, 1.807) is 18.2 Å². The zero-order chi connectivity index (χ0) is 11.8. The first-order valence-corrected chi connectivity index (χ1v) is 5.09. The van der Waals surface area contributed by atoms with Crippen LogP contribution in [0.25, 0.3) is 0 Å². The van der Waals surface area contributed by atoms with Gasteiger partial charge in [-0.15, -0.1) is 0 Å². The minimum absolute atomic E-state index is 0.148. The van der Waals surface area contributed by atoms with E-state index in [1.807, 2.05) is 20.8 Å². The van der Waals surface area contributed by atoms with Crippen molar-refractivity contribution < 1.29 is 19.0 Å². The molecule has 1 aliphatic heterocycles. The molecule has 1 heterocycles. The molecule has 1 aromatic rings. The largest absolute Gasteiger partial charge is 0.456 e. The van der Waals surface area contributed by atoms with Gasteiger partial charge in [-0.05, 0) is 32.9 Å². The number of para-hydroxylation sites is 1. The Morgan fingerprint density at radius 1 is 1.31 bits per heavy atom. The summed E-state index contributed by atoms with van der Waals surface area (Å²) in [6.07, 6.45) is 0. The molecule has 0 spiro atoms. The molecule has 0 bridgehead atoms. The Morgan fingerprint density at radius 2 is 2.06 bits per heavy atom. The highest BCUT2D eigenvalue weighted by molar-refractivity contribution is 5.94. The van der Waals surface area contributed by atoms with Gasteiger partial charge in [0.25, 0.3) is 0 Å². The zero-order valence-corrected chi connectivity index (χ0v) is 9.57.